The lowest BCUT2D eigenvalue weighted by atomic mass is 10.0. The van der Waals surface area contributed by atoms with Gasteiger partial charge < -0.3 is 10.3 Å². The molecule has 0 radical (unpaired) electrons. The zero-order valence-corrected chi connectivity index (χ0v) is 12.8. The Kier molecular flexibility index (Phi) is 3.26. The molecule has 4 heteroatoms. The molecule has 0 amide bonds. The zero-order valence-electron chi connectivity index (χ0n) is 12.0. The Bertz CT molecular complexity index is 726. The molecule has 20 heavy (non-hydrogen) atoms. The van der Waals surface area contributed by atoms with Crippen molar-refractivity contribution in [3.63, 3.8) is 0 Å². The van der Waals surface area contributed by atoms with Gasteiger partial charge in [-0.25, -0.2) is 4.98 Å². The first kappa shape index (κ1) is 13.2. The highest BCUT2D eigenvalue weighted by Gasteiger charge is 2.24. The van der Waals surface area contributed by atoms with Crippen molar-refractivity contribution in [1.82, 2.24) is 9.55 Å². The summed E-state index contributed by atoms with van der Waals surface area (Å²) in [5.41, 5.74) is 9.57. The lowest BCUT2D eigenvalue weighted by molar-refractivity contribution is 0.457. The Morgan fingerprint density at radius 1 is 1.20 bits per heavy atom. The number of para-hydroxylation sites is 1. The Labute approximate surface area is 123 Å². The Morgan fingerprint density at radius 3 is 2.65 bits per heavy atom. The fourth-order valence-electron chi connectivity index (χ4n) is 2.83. The topological polar surface area (TPSA) is 43.8 Å². The molecular weight excluding hydrogens is 266 g/mol. The van der Waals surface area contributed by atoms with Crippen LogP contribution in [0.2, 0.25) is 0 Å². The molecule has 0 fully saturated rings. The number of rotatable bonds is 3. The summed E-state index contributed by atoms with van der Waals surface area (Å²) < 4.78 is 2.20. The molecule has 104 valence electrons. The molecule has 0 aliphatic carbocycles. The maximum Gasteiger partial charge on any atom is 0.201 e. The number of benzene rings is 1. The van der Waals surface area contributed by atoms with Crippen LogP contribution in [0.5, 0.6) is 0 Å². The Hall–Kier alpha value is -1.81. The van der Waals surface area contributed by atoms with Gasteiger partial charge in [0, 0.05) is 4.88 Å². The van der Waals surface area contributed by atoms with Crippen molar-refractivity contribution in [1.29, 1.82) is 0 Å². The van der Waals surface area contributed by atoms with Crippen LogP contribution in [0.4, 0.5) is 5.95 Å². The summed E-state index contributed by atoms with van der Waals surface area (Å²) in [6.45, 7) is 6.58. The second-order valence-electron chi connectivity index (χ2n) is 5.49. The summed E-state index contributed by atoms with van der Waals surface area (Å²) in [4.78, 5) is 5.86. The molecule has 1 atom stereocenters. The van der Waals surface area contributed by atoms with Crippen LogP contribution in [-0.4, -0.2) is 9.55 Å². The molecule has 1 aromatic carbocycles. The third-order valence-corrected chi connectivity index (χ3v) is 4.63. The summed E-state index contributed by atoms with van der Waals surface area (Å²) in [5, 5.41) is 2.12. The third-order valence-electron chi connectivity index (χ3n) is 3.68. The van der Waals surface area contributed by atoms with E-state index in [2.05, 4.69) is 53.9 Å². The van der Waals surface area contributed by atoms with Crippen LogP contribution in [0.25, 0.3) is 11.0 Å². The minimum atomic E-state index is 0.237. The molecule has 2 aromatic heterocycles. The second-order valence-corrected chi connectivity index (χ2v) is 6.47. The zero-order chi connectivity index (χ0) is 14.3. The van der Waals surface area contributed by atoms with E-state index in [0.29, 0.717) is 11.9 Å². The van der Waals surface area contributed by atoms with E-state index in [1.807, 2.05) is 12.1 Å². The number of imidazole rings is 1. The summed E-state index contributed by atoms with van der Waals surface area (Å²) >= 11 is 1.78. The van der Waals surface area contributed by atoms with Crippen LogP contribution in [0.3, 0.4) is 0 Å². The monoisotopic (exact) mass is 285 g/mol. The number of nitrogen functional groups attached to an aromatic ring is 1. The molecule has 0 aliphatic rings. The number of fused-ring (bicyclic) bond motifs is 1. The van der Waals surface area contributed by atoms with Gasteiger partial charge in [-0.1, -0.05) is 32.0 Å². The molecular formula is C16H19N3S. The molecule has 0 saturated heterocycles. The maximum atomic E-state index is 6.22. The van der Waals surface area contributed by atoms with E-state index >= 15 is 0 Å². The highest BCUT2D eigenvalue weighted by molar-refractivity contribution is 7.10. The van der Waals surface area contributed by atoms with Gasteiger partial charge in [0.15, 0.2) is 0 Å². The number of aryl methyl sites for hydroxylation is 1. The Balaban J connectivity index is 2.29. The molecule has 0 saturated carbocycles. The largest absolute Gasteiger partial charge is 0.369 e. The summed E-state index contributed by atoms with van der Waals surface area (Å²) in [6.07, 6.45) is 0. The fourth-order valence-corrected chi connectivity index (χ4v) is 3.82. The van der Waals surface area contributed by atoms with Crippen LogP contribution in [0.1, 0.15) is 30.3 Å². The summed E-state index contributed by atoms with van der Waals surface area (Å²) in [5.74, 6) is 1.05. The van der Waals surface area contributed by atoms with Gasteiger partial charge in [-0.2, -0.15) is 0 Å². The molecule has 0 bridgehead atoms. The van der Waals surface area contributed by atoms with Gasteiger partial charge in [0.1, 0.15) is 0 Å². The third kappa shape index (κ3) is 2.00. The Morgan fingerprint density at radius 2 is 2.00 bits per heavy atom. The first-order valence-corrected chi connectivity index (χ1v) is 7.74. The van der Waals surface area contributed by atoms with Gasteiger partial charge in [-0.3, -0.25) is 0 Å². The van der Waals surface area contributed by atoms with Crippen molar-refractivity contribution < 1.29 is 0 Å². The van der Waals surface area contributed by atoms with Crippen molar-refractivity contribution in [2.75, 3.05) is 5.73 Å². The summed E-state index contributed by atoms with van der Waals surface area (Å²) in [7, 11) is 0. The quantitative estimate of drug-likeness (QED) is 0.782. The number of hydrogen-bond donors (Lipinski definition) is 1. The number of hydrogen-bond acceptors (Lipinski definition) is 3. The van der Waals surface area contributed by atoms with Crippen molar-refractivity contribution in [3.8, 4) is 0 Å². The minimum Gasteiger partial charge on any atom is -0.369 e. The molecule has 2 N–H and O–H groups in total. The van der Waals surface area contributed by atoms with Crippen LogP contribution in [-0.2, 0) is 0 Å². The van der Waals surface area contributed by atoms with Gasteiger partial charge >= 0.3 is 0 Å². The number of nitrogens with zero attached hydrogens (tertiary/aromatic N) is 2. The highest BCUT2D eigenvalue weighted by atomic mass is 32.1. The minimum absolute atomic E-state index is 0.237. The smallest absolute Gasteiger partial charge is 0.201 e. The SMILES string of the molecule is Cc1cccc2nc(N)n(C(c3cccs3)C(C)C)c12. The van der Waals surface area contributed by atoms with Crippen LogP contribution in [0, 0.1) is 12.8 Å². The molecule has 1 unspecified atom stereocenters. The van der Waals surface area contributed by atoms with Gasteiger partial charge in [-0.15, -0.1) is 11.3 Å². The van der Waals surface area contributed by atoms with Crippen molar-refractivity contribution in [2.45, 2.75) is 26.8 Å². The first-order chi connectivity index (χ1) is 9.59. The van der Waals surface area contributed by atoms with Crippen molar-refractivity contribution in [2.24, 2.45) is 5.92 Å². The normalized spacial score (nSPS) is 13.2. The van der Waals surface area contributed by atoms with Crippen molar-refractivity contribution in [3.05, 3.63) is 46.2 Å². The van der Waals surface area contributed by atoms with Gasteiger partial charge in [0.05, 0.1) is 17.1 Å². The number of aromatic nitrogens is 2. The molecule has 0 aliphatic heterocycles. The van der Waals surface area contributed by atoms with Crippen molar-refractivity contribution >= 4 is 28.3 Å². The molecule has 2 heterocycles. The van der Waals surface area contributed by atoms with Crippen LogP contribution in [0.15, 0.2) is 35.7 Å². The van der Waals surface area contributed by atoms with E-state index in [0.717, 1.165) is 11.0 Å². The lowest BCUT2D eigenvalue weighted by Gasteiger charge is -2.24. The number of nitrogens with two attached hydrogens (primary N) is 1. The van der Waals surface area contributed by atoms with Gasteiger partial charge in [0.25, 0.3) is 0 Å². The molecule has 0 spiro atoms. The van der Waals surface area contributed by atoms with E-state index in [-0.39, 0.29) is 6.04 Å². The molecule has 3 nitrogen and oxygen atoms in total. The first-order valence-electron chi connectivity index (χ1n) is 6.86. The second kappa shape index (κ2) is 4.94. The van der Waals surface area contributed by atoms with Gasteiger partial charge in [-0.05, 0) is 35.9 Å². The predicted octanol–water partition coefficient (Wildman–Crippen LogP) is 4.23. The standard InChI is InChI=1S/C16H19N3S/c1-10(2)14(13-8-5-9-20-13)19-15-11(3)6-4-7-12(15)18-16(19)17/h4-10,14H,1-3H3,(H2,17,18). The van der Waals surface area contributed by atoms with Crippen LogP contribution >= 0.6 is 11.3 Å². The summed E-state index contributed by atoms with van der Waals surface area (Å²) in [6, 6.07) is 10.7. The van der Waals surface area contributed by atoms with E-state index in [9.17, 15) is 0 Å². The molecule has 3 aromatic rings. The average molecular weight is 285 g/mol. The van der Waals surface area contributed by atoms with E-state index < -0.39 is 0 Å². The molecule has 3 rings (SSSR count). The number of anilines is 1. The number of thiophene rings is 1. The maximum absolute atomic E-state index is 6.22. The van der Waals surface area contributed by atoms with E-state index in [1.54, 1.807) is 11.3 Å². The average Bonchev–Trinajstić information content (AvgIpc) is 2.99. The predicted molar refractivity (Wildman–Crippen MR) is 86.2 cm³/mol. The van der Waals surface area contributed by atoms with Gasteiger partial charge in [0.2, 0.25) is 5.95 Å². The highest BCUT2D eigenvalue weighted by Crippen LogP contribution is 2.35. The lowest BCUT2D eigenvalue weighted by Crippen LogP contribution is -2.18. The fraction of sp³-hybridized carbons (Fsp3) is 0.312. The van der Waals surface area contributed by atoms with E-state index in [4.69, 9.17) is 5.73 Å². The van der Waals surface area contributed by atoms with E-state index in [1.165, 1.54) is 10.4 Å². The van der Waals surface area contributed by atoms with Crippen LogP contribution < -0.4 is 5.73 Å².